The minimum Gasteiger partial charge on any atom is -0.378 e. The standard InChI is InChI=1S/C8H13N3S2/c1-5(2)7-11-6(4-12-7)13-8(9)10-3/h4-5H,1-3H3,(H2,9,10). The summed E-state index contributed by atoms with van der Waals surface area (Å²) in [7, 11) is 1.68. The molecule has 1 heterocycles. The molecule has 1 aromatic heterocycles. The topological polar surface area (TPSA) is 51.3 Å². The third-order valence-electron chi connectivity index (χ3n) is 1.42. The Morgan fingerprint density at radius 2 is 2.38 bits per heavy atom. The maximum atomic E-state index is 5.57. The van der Waals surface area contributed by atoms with E-state index in [4.69, 9.17) is 5.73 Å². The molecule has 0 unspecified atom stereocenters. The van der Waals surface area contributed by atoms with Crippen molar-refractivity contribution in [2.24, 2.45) is 10.7 Å². The molecule has 1 rings (SSSR count). The molecule has 1 aromatic rings. The van der Waals surface area contributed by atoms with Gasteiger partial charge in [-0.1, -0.05) is 13.8 Å². The normalized spacial score (nSPS) is 12.5. The number of aromatic nitrogens is 1. The summed E-state index contributed by atoms with van der Waals surface area (Å²) < 4.78 is 0. The van der Waals surface area contributed by atoms with Crippen LogP contribution in [0.25, 0.3) is 0 Å². The Balaban J connectivity index is 2.69. The molecule has 72 valence electrons. The van der Waals surface area contributed by atoms with E-state index in [0.717, 1.165) is 10.0 Å². The molecular formula is C8H13N3S2. The SMILES string of the molecule is CN=C(N)Sc1csc(C(C)C)n1. The van der Waals surface area contributed by atoms with Crippen molar-refractivity contribution >= 4 is 28.3 Å². The number of thioether (sulfide) groups is 1. The van der Waals surface area contributed by atoms with E-state index in [1.807, 2.05) is 5.38 Å². The van der Waals surface area contributed by atoms with Gasteiger partial charge in [-0.15, -0.1) is 11.3 Å². The maximum absolute atomic E-state index is 5.57. The van der Waals surface area contributed by atoms with Crippen LogP contribution in [0.15, 0.2) is 15.4 Å². The van der Waals surface area contributed by atoms with Crippen molar-refractivity contribution in [3.05, 3.63) is 10.4 Å². The molecule has 5 heteroatoms. The second-order valence-electron chi connectivity index (χ2n) is 2.84. The van der Waals surface area contributed by atoms with Gasteiger partial charge in [-0.05, 0) is 11.8 Å². The lowest BCUT2D eigenvalue weighted by molar-refractivity contribution is 0.839. The molecule has 2 N–H and O–H groups in total. The van der Waals surface area contributed by atoms with Gasteiger partial charge in [0.05, 0.1) is 5.01 Å². The van der Waals surface area contributed by atoms with E-state index < -0.39 is 0 Å². The average molecular weight is 215 g/mol. The summed E-state index contributed by atoms with van der Waals surface area (Å²) in [4.78, 5) is 8.28. The molecule has 0 amide bonds. The van der Waals surface area contributed by atoms with E-state index in [1.165, 1.54) is 11.8 Å². The van der Waals surface area contributed by atoms with Crippen LogP contribution in [0.1, 0.15) is 24.8 Å². The van der Waals surface area contributed by atoms with Gasteiger partial charge in [0.2, 0.25) is 0 Å². The van der Waals surface area contributed by atoms with Crippen molar-refractivity contribution < 1.29 is 0 Å². The Bertz CT molecular complexity index is 304. The van der Waals surface area contributed by atoms with Crippen molar-refractivity contribution in [2.45, 2.75) is 24.8 Å². The van der Waals surface area contributed by atoms with E-state index >= 15 is 0 Å². The highest BCUT2D eigenvalue weighted by Crippen LogP contribution is 2.25. The zero-order valence-corrected chi connectivity index (χ0v) is 9.58. The molecule has 0 spiro atoms. The quantitative estimate of drug-likeness (QED) is 0.468. The first-order valence-corrected chi connectivity index (χ1v) is 5.68. The van der Waals surface area contributed by atoms with Crippen molar-refractivity contribution in [1.29, 1.82) is 0 Å². The fourth-order valence-electron chi connectivity index (χ4n) is 0.737. The van der Waals surface area contributed by atoms with E-state index in [9.17, 15) is 0 Å². The van der Waals surface area contributed by atoms with Gasteiger partial charge < -0.3 is 5.73 Å². The lowest BCUT2D eigenvalue weighted by atomic mass is 10.2. The zero-order valence-electron chi connectivity index (χ0n) is 7.94. The van der Waals surface area contributed by atoms with Gasteiger partial charge in [0.25, 0.3) is 0 Å². The van der Waals surface area contributed by atoms with E-state index in [0.29, 0.717) is 11.1 Å². The Hall–Kier alpha value is -0.550. The minimum absolute atomic E-state index is 0.485. The second-order valence-corrected chi connectivity index (χ2v) is 4.77. The van der Waals surface area contributed by atoms with Gasteiger partial charge in [0.15, 0.2) is 5.17 Å². The summed E-state index contributed by atoms with van der Waals surface area (Å²) in [5.74, 6) is 0.485. The predicted molar refractivity (Wildman–Crippen MR) is 59.6 cm³/mol. The van der Waals surface area contributed by atoms with Crippen LogP contribution in [0.3, 0.4) is 0 Å². The summed E-state index contributed by atoms with van der Waals surface area (Å²) >= 11 is 3.08. The third kappa shape index (κ3) is 3.00. The number of amidine groups is 1. The number of hydrogen-bond donors (Lipinski definition) is 1. The summed E-state index contributed by atoms with van der Waals surface area (Å²) in [5, 5.41) is 4.65. The highest BCUT2D eigenvalue weighted by molar-refractivity contribution is 8.13. The van der Waals surface area contributed by atoms with E-state index in [-0.39, 0.29) is 0 Å². The number of rotatable bonds is 2. The van der Waals surface area contributed by atoms with Crippen molar-refractivity contribution in [3.8, 4) is 0 Å². The fourth-order valence-corrected chi connectivity index (χ4v) is 2.28. The molecule has 0 bridgehead atoms. The molecule has 0 saturated carbocycles. The van der Waals surface area contributed by atoms with Crippen molar-refractivity contribution in [3.63, 3.8) is 0 Å². The number of nitrogens with two attached hydrogens (primary N) is 1. The van der Waals surface area contributed by atoms with Gasteiger partial charge >= 0.3 is 0 Å². The molecule has 0 aliphatic heterocycles. The average Bonchev–Trinajstić information content (AvgIpc) is 2.52. The smallest absolute Gasteiger partial charge is 0.160 e. The van der Waals surface area contributed by atoms with Crippen LogP contribution in [0, 0.1) is 0 Å². The Labute approximate surface area is 86.5 Å². The van der Waals surface area contributed by atoms with Crippen molar-refractivity contribution in [2.75, 3.05) is 7.05 Å². The summed E-state index contributed by atoms with van der Waals surface area (Å²) in [5.41, 5.74) is 5.57. The molecule has 0 radical (unpaired) electrons. The molecule has 3 nitrogen and oxygen atoms in total. The first kappa shape index (κ1) is 10.5. The van der Waals surface area contributed by atoms with Gasteiger partial charge in [0, 0.05) is 18.3 Å². The highest BCUT2D eigenvalue weighted by atomic mass is 32.2. The number of thiazole rings is 1. The number of hydrogen-bond acceptors (Lipinski definition) is 4. The minimum atomic E-state index is 0.485. The van der Waals surface area contributed by atoms with Crippen LogP contribution in [0.5, 0.6) is 0 Å². The van der Waals surface area contributed by atoms with Crippen molar-refractivity contribution in [1.82, 2.24) is 4.98 Å². The second kappa shape index (κ2) is 4.62. The summed E-state index contributed by atoms with van der Waals surface area (Å²) in [6, 6.07) is 0. The monoisotopic (exact) mass is 215 g/mol. The van der Waals surface area contributed by atoms with E-state index in [2.05, 4.69) is 23.8 Å². The Morgan fingerprint density at radius 3 is 2.85 bits per heavy atom. The van der Waals surface area contributed by atoms with Crippen LogP contribution in [0.2, 0.25) is 0 Å². The van der Waals surface area contributed by atoms with Crippen LogP contribution >= 0.6 is 23.1 Å². The maximum Gasteiger partial charge on any atom is 0.160 e. The molecular weight excluding hydrogens is 202 g/mol. The fraction of sp³-hybridized carbons (Fsp3) is 0.500. The van der Waals surface area contributed by atoms with Gasteiger partial charge in [-0.2, -0.15) is 0 Å². The van der Waals surface area contributed by atoms with Crippen LogP contribution in [-0.4, -0.2) is 17.2 Å². The molecule has 0 atom stereocenters. The lowest BCUT2D eigenvalue weighted by Gasteiger charge is -1.96. The summed E-state index contributed by atoms with van der Waals surface area (Å²) in [6.07, 6.45) is 0. The van der Waals surface area contributed by atoms with Gasteiger partial charge in [-0.3, -0.25) is 4.99 Å². The zero-order chi connectivity index (χ0) is 9.84. The molecule has 0 aliphatic carbocycles. The van der Waals surface area contributed by atoms with Gasteiger partial charge in [0.1, 0.15) is 5.03 Å². The first-order valence-electron chi connectivity index (χ1n) is 3.99. The Kier molecular flexibility index (Phi) is 3.74. The molecule has 0 fully saturated rings. The summed E-state index contributed by atoms with van der Waals surface area (Å²) in [6.45, 7) is 4.26. The van der Waals surface area contributed by atoms with Crippen LogP contribution in [-0.2, 0) is 0 Å². The van der Waals surface area contributed by atoms with Crippen LogP contribution < -0.4 is 5.73 Å². The molecule has 0 aliphatic rings. The molecule has 13 heavy (non-hydrogen) atoms. The van der Waals surface area contributed by atoms with Gasteiger partial charge in [-0.25, -0.2) is 4.98 Å². The largest absolute Gasteiger partial charge is 0.378 e. The number of aliphatic imine (C=N–C) groups is 1. The Morgan fingerprint density at radius 1 is 1.69 bits per heavy atom. The lowest BCUT2D eigenvalue weighted by Crippen LogP contribution is -2.05. The molecule has 0 aromatic carbocycles. The van der Waals surface area contributed by atoms with E-state index in [1.54, 1.807) is 18.4 Å². The first-order chi connectivity index (χ1) is 6.13. The highest BCUT2D eigenvalue weighted by Gasteiger charge is 2.06. The number of nitrogens with zero attached hydrogens (tertiary/aromatic N) is 2. The predicted octanol–water partition coefficient (Wildman–Crippen LogP) is 2.30. The third-order valence-corrected chi connectivity index (χ3v) is 3.53. The van der Waals surface area contributed by atoms with Crippen LogP contribution in [0.4, 0.5) is 0 Å². The molecule has 0 saturated heterocycles.